The first-order chi connectivity index (χ1) is 12.6. The molecule has 0 spiro atoms. The molecule has 1 aliphatic carbocycles. The van der Waals surface area contributed by atoms with Gasteiger partial charge in [0, 0.05) is 24.0 Å². The fraction of sp³-hybridized carbons (Fsp3) is 0.550. The van der Waals surface area contributed by atoms with Crippen molar-refractivity contribution in [2.45, 2.75) is 63.6 Å². The Kier molecular flexibility index (Phi) is 5.36. The molecular weight excluding hydrogens is 368 g/mol. The van der Waals surface area contributed by atoms with Crippen molar-refractivity contribution in [3.8, 4) is 0 Å². The quantitative estimate of drug-likeness (QED) is 0.578. The number of Topliss-reactive ketones (excluding diaryl/α,β-unsaturated/α-hetero) is 3. The first-order valence-corrected chi connectivity index (χ1v) is 10.9. The first-order valence-electron chi connectivity index (χ1n) is 9.25. The molecule has 1 unspecified atom stereocenters. The zero-order chi connectivity index (χ0) is 19.9. The molecule has 0 radical (unpaired) electrons. The monoisotopic (exact) mass is 392 g/mol. The Morgan fingerprint density at radius 2 is 1.78 bits per heavy atom. The molecule has 1 aliphatic heterocycles. The van der Waals surface area contributed by atoms with Crippen LogP contribution >= 0.6 is 0 Å². The number of carbonyl (C=O) groups is 3. The summed E-state index contributed by atoms with van der Waals surface area (Å²) in [5.74, 6) is -2.51. The Labute approximate surface area is 159 Å². The molecule has 6 nitrogen and oxygen atoms in total. The Bertz CT molecular complexity index is 897. The lowest BCUT2D eigenvalue weighted by molar-refractivity contribution is -0.133. The van der Waals surface area contributed by atoms with Crippen LogP contribution in [0.4, 0.5) is 0 Å². The lowest BCUT2D eigenvalue weighted by atomic mass is 9.80. The highest BCUT2D eigenvalue weighted by molar-refractivity contribution is 7.91. The Balaban J connectivity index is 2.10. The predicted molar refractivity (Wildman–Crippen MR) is 98.5 cm³/mol. The third kappa shape index (κ3) is 3.62. The van der Waals surface area contributed by atoms with E-state index in [0.717, 1.165) is 0 Å². The average Bonchev–Trinajstić information content (AvgIpc) is 2.57. The summed E-state index contributed by atoms with van der Waals surface area (Å²) in [6.45, 7) is 5.40. The second-order valence-electron chi connectivity index (χ2n) is 7.51. The zero-order valence-electron chi connectivity index (χ0n) is 15.8. The van der Waals surface area contributed by atoms with Crippen LogP contribution < -0.4 is 0 Å². The van der Waals surface area contributed by atoms with E-state index in [1.54, 1.807) is 6.92 Å². The number of ether oxygens (including phenoxy) is 1. The van der Waals surface area contributed by atoms with E-state index in [0.29, 0.717) is 24.0 Å². The van der Waals surface area contributed by atoms with E-state index < -0.39 is 27.6 Å². The van der Waals surface area contributed by atoms with Gasteiger partial charge in [-0.15, -0.1) is 0 Å². The minimum absolute atomic E-state index is 0.0102. The fourth-order valence-corrected chi connectivity index (χ4v) is 5.62. The van der Waals surface area contributed by atoms with Gasteiger partial charge in [0.25, 0.3) is 0 Å². The molecule has 0 aromatic heterocycles. The Morgan fingerprint density at radius 3 is 2.37 bits per heavy atom. The van der Waals surface area contributed by atoms with E-state index in [1.807, 2.05) is 13.8 Å². The Morgan fingerprint density at radius 1 is 1.15 bits per heavy atom. The van der Waals surface area contributed by atoms with Crippen LogP contribution in [-0.2, 0) is 24.2 Å². The van der Waals surface area contributed by atoms with Crippen molar-refractivity contribution >= 4 is 27.2 Å². The second-order valence-corrected chi connectivity index (χ2v) is 9.59. The molecule has 1 saturated carbocycles. The third-order valence-corrected chi connectivity index (χ3v) is 7.03. The predicted octanol–water partition coefficient (Wildman–Crippen LogP) is 2.76. The Hall–Kier alpha value is -1.86. The maximum atomic E-state index is 13.0. The molecule has 27 heavy (non-hydrogen) atoms. The number of rotatable bonds is 4. The molecule has 1 atom stereocenters. The van der Waals surface area contributed by atoms with Crippen molar-refractivity contribution in [3.63, 3.8) is 0 Å². The highest BCUT2D eigenvalue weighted by Gasteiger charge is 2.39. The summed E-state index contributed by atoms with van der Waals surface area (Å²) in [7, 11) is -3.45. The standard InChI is InChI=1S/C20H24O6S/c1-11(2)26-16-9-10-27(24,25)17-8-7-13(12(3)18(16)17)20(23)19-14(21)5-4-6-15(19)22/h7-8,11,16,19H,4-6,9-10H2,1-3H3. The van der Waals surface area contributed by atoms with Gasteiger partial charge in [0.05, 0.1) is 22.9 Å². The summed E-state index contributed by atoms with van der Waals surface area (Å²) < 4.78 is 30.9. The highest BCUT2D eigenvalue weighted by atomic mass is 32.2. The molecule has 0 saturated heterocycles. The number of sulfone groups is 1. The molecule has 0 N–H and O–H groups in total. The average molecular weight is 392 g/mol. The molecule has 2 aliphatic rings. The van der Waals surface area contributed by atoms with Gasteiger partial charge >= 0.3 is 0 Å². The molecule has 146 valence electrons. The summed E-state index contributed by atoms with van der Waals surface area (Å²) in [6.07, 6.45) is 0.692. The van der Waals surface area contributed by atoms with Crippen molar-refractivity contribution in [2.24, 2.45) is 5.92 Å². The van der Waals surface area contributed by atoms with Gasteiger partial charge in [0.1, 0.15) is 5.92 Å². The van der Waals surface area contributed by atoms with Crippen molar-refractivity contribution < 1.29 is 27.5 Å². The number of benzene rings is 1. The summed E-state index contributed by atoms with van der Waals surface area (Å²) in [5, 5.41) is 0. The van der Waals surface area contributed by atoms with Gasteiger partial charge in [0.2, 0.25) is 0 Å². The smallest absolute Gasteiger partial charge is 0.181 e. The molecule has 1 aromatic rings. The van der Waals surface area contributed by atoms with Crippen molar-refractivity contribution in [1.29, 1.82) is 0 Å². The van der Waals surface area contributed by atoms with Crippen LogP contribution in [0.15, 0.2) is 17.0 Å². The van der Waals surface area contributed by atoms with Crippen molar-refractivity contribution in [3.05, 3.63) is 28.8 Å². The number of carbonyl (C=O) groups excluding carboxylic acids is 3. The molecule has 0 bridgehead atoms. The molecular formula is C20H24O6S. The van der Waals surface area contributed by atoms with Crippen LogP contribution in [-0.4, -0.2) is 37.6 Å². The normalized spacial score (nSPS) is 22.7. The van der Waals surface area contributed by atoms with Gasteiger partial charge in [-0.3, -0.25) is 14.4 Å². The lowest BCUT2D eigenvalue weighted by Crippen LogP contribution is -2.36. The molecule has 1 aromatic carbocycles. The maximum Gasteiger partial charge on any atom is 0.181 e. The maximum absolute atomic E-state index is 13.0. The molecule has 1 fully saturated rings. The number of hydrogen-bond acceptors (Lipinski definition) is 6. The van der Waals surface area contributed by atoms with Crippen molar-refractivity contribution in [2.75, 3.05) is 5.75 Å². The van der Waals surface area contributed by atoms with E-state index in [9.17, 15) is 22.8 Å². The molecule has 3 rings (SSSR count). The SMILES string of the molecule is Cc1c(C(=O)C2C(=O)CCCC2=O)ccc2c1C(OC(C)C)CCS2(=O)=O. The van der Waals surface area contributed by atoms with E-state index in [2.05, 4.69) is 0 Å². The van der Waals surface area contributed by atoms with Gasteiger partial charge in [-0.25, -0.2) is 8.42 Å². The fourth-order valence-electron chi connectivity index (χ4n) is 3.98. The molecule has 0 amide bonds. The number of fused-ring (bicyclic) bond motifs is 1. The van der Waals surface area contributed by atoms with Crippen LogP contribution in [0.5, 0.6) is 0 Å². The van der Waals surface area contributed by atoms with E-state index in [4.69, 9.17) is 4.74 Å². The zero-order valence-corrected chi connectivity index (χ0v) is 16.6. The van der Waals surface area contributed by atoms with Crippen LogP contribution in [0.25, 0.3) is 0 Å². The van der Waals surface area contributed by atoms with Crippen molar-refractivity contribution in [1.82, 2.24) is 0 Å². The third-order valence-electron chi connectivity index (χ3n) is 5.24. The lowest BCUT2D eigenvalue weighted by Gasteiger charge is -2.30. The molecule has 1 heterocycles. The van der Waals surface area contributed by atoms with Gasteiger partial charge < -0.3 is 4.74 Å². The summed E-state index contributed by atoms with van der Waals surface area (Å²) in [5.41, 5.74) is 1.20. The largest absolute Gasteiger partial charge is 0.371 e. The van der Waals surface area contributed by atoms with Crippen LogP contribution in [0.3, 0.4) is 0 Å². The number of hydrogen-bond donors (Lipinski definition) is 0. The highest BCUT2D eigenvalue weighted by Crippen LogP contribution is 2.39. The molecule has 7 heteroatoms. The van der Waals surface area contributed by atoms with Crippen LogP contribution in [0, 0.1) is 12.8 Å². The van der Waals surface area contributed by atoms with Gasteiger partial charge in [-0.1, -0.05) is 0 Å². The van der Waals surface area contributed by atoms with Gasteiger partial charge in [-0.2, -0.15) is 0 Å². The van der Waals surface area contributed by atoms with E-state index >= 15 is 0 Å². The summed E-state index contributed by atoms with van der Waals surface area (Å²) in [6, 6.07) is 2.85. The van der Waals surface area contributed by atoms with Crippen LogP contribution in [0.2, 0.25) is 0 Å². The van der Waals surface area contributed by atoms with Gasteiger partial charge in [0.15, 0.2) is 27.2 Å². The van der Waals surface area contributed by atoms with E-state index in [-0.39, 0.29) is 46.7 Å². The van der Waals surface area contributed by atoms with Crippen LogP contribution in [0.1, 0.15) is 67.1 Å². The second kappa shape index (κ2) is 7.28. The van der Waals surface area contributed by atoms with E-state index in [1.165, 1.54) is 12.1 Å². The summed E-state index contributed by atoms with van der Waals surface area (Å²) in [4.78, 5) is 37.5. The van der Waals surface area contributed by atoms with Gasteiger partial charge in [-0.05, 0) is 51.3 Å². The summed E-state index contributed by atoms with van der Waals surface area (Å²) >= 11 is 0. The minimum atomic E-state index is -3.45. The topological polar surface area (TPSA) is 94.6 Å². The first kappa shape index (κ1) is 19.9. The minimum Gasteiger partial charge on any atom is -0.371 e. The number of ketones is 3.